The van der Waals surface area contributed by atoms with E-state index in [9.17, 15) is 4.39 Å². The molecule has 0 fully saturated rings. The van der Waals surface area contributed by atoms with Gasteiger partial charge in [0.2, 0.25) is 5.71 Å². The molecular formula is C59H57FIrN4OSi-2. The standard InChI is InChI=1S/C35H30N3O.C24H27FNSi.Ir/c1-20(2)25-12-8-13-26(21(3)4)32(25)38-31-19-24-11-7-6-10-23(24)18-30(31)37-34(38)29-15-9-14-27-28-17-16-22(5)36-35(28)39-33(27)29;1-17(2)13-19-15-23(21-12-11-18(3)14-22(21)25)26-16-24(19)27(4,5)20-9-7-6-8-10-20;/h6-14,16-21H,1-5H3;6-11,14-17H,13H2,1-5H3;/q2*-1;/i;3D3;. The Bertz CT molecular complexity index is 3500. The molecule has 0 atom stereocenters. The minimum Gasteiger partial charge on any atom is -0.486 e. The fourth-order valence-corrected chi connectivity index (χ4v) is 12.0. The number of aryl methyl sites for hydroxylation is 2. The number of rotatable bonds is 9. The van der Waals surface area contributed by atoms with Crippen molar-refractivity contribution in [2.75, 3.05) is 0 Å². The minimum atomic E-state index is -2.36. The van der Waals surface area contributed by atoms with E-state index < -0.39 is 20.7 Å². The van der Waals surface area contributed by atoms with Gasteiger partial charge in [-0.2, -0.15) is 0 Å². The van der Waals surface area contributed by atoms with Gasteiger partial charge in [-0.25, -0.2) is 4.98 Å². The zero-order valence-electron chi connectivity index (χ0n) is 42.5. The molecule has 67 heavy (non-hydrogen) atoms. The molecule has 8 heteroatoms. The van der Waals surface area contributed by atoms with E-state index in [0.29, 0.717) is 29.2 Å². The van der Waals surface area contributed by atoms with Crippen LogP contribution in [0, 0.1) is 37.6 Å². The molecule has 5 nitrogen and oxygen atoms in total. The Morgan fingerprint density at radius 1 is 0.761 bits per heavy atom. The van der Waals surface area contributed by atoms with Crippen LogP contribution in [-0.2, 0) is 26.5 Å². The smallest absolute Gasteiger partial charge is 0.216 e. The van der Waals surface area contributed by atoms with Crippen molar-refractivity contribution in [3.05, 3.63) is 179 Å². The number of benzene rings is 6. The van der Waals surface area contributed by atoms with E-state index in [4.69, 9.17) is 13.5 Å². The zero-order valence-corrected chi connectivity index (χ0v) is 42.9. The summed E-state index contributed by atoms with van der Waals surface area (Å²) in [6.07, 6.45) is 2.75. The average Bonchev–Trinajstić information content (AvgIpc) is 3.87. The maximum absolute atomic E-state index is 14.7. The first kappa shape index (κ1) is 43.5. The summed E-state index contributed by atoms with van der Waals surface area (Å²) in [5.41, 5.74) is 10.8. The van der Waals surface area contributed by atoms with Crippen molar-refractivity contribution in [3.8, 4) is 28.3 Å². The maximum atomic E-state index is 14.7. The number of hydrogen-bond acceptors (Lipinski definition) is 4. The average molecular weight is 1080 g/mol. The number of pyridine rings is 2. The summed E-state index contributed by atoms with van der Waals surface area (Å²) in [5, 5.41) is 6.96. The van der Waals surface area contributed by atoms with Crippen molar-refractivity contribution in [2.45, 2.75) is 86.7 Å². The first-order valence-corrected chi connectivity index (χ1v) is 25.9. The summed E-state index contributed by atoms with van der Waals surface area (Å²) in [7, 11) is -1.98. The van der Waals surface area contributed by atoms with Gasteiger partial charge in [-0.3, -0.25) is 9.37 Å². The summed E-state index contributed by atoms with van der Waals surface area (Å²) in [6.45, 7) is 17.6. The van der Waals surface area contributed by atoms with Crippen LogP contribution in [0.25, 0.3) is 72.2 Å². The van der Waals surface area contributed by atoms with E-state index in [1.54, 1.807) is 0 Å². The summed E-state index contributed by atoms with van der Waals surface area (Å²) in [4.78, 5) is 14.6. The molecule has 10 rings (SSSR count). The molecule has 341 valence electrons. The van der Waals surface area contributed by atoms with Crippen molar-refractivity contribution in [1.29, 1.82) is 0 Å². The number of para-hydroxylation sites is 1. The van der Waals surface area contributed by atoms with Crippen molar-refractivity contribution in [3.63, 3.8) is 0 Å². The summed E-state index contributed by atoms with van der Waals surface area (Å²) in [6, 6.07) is 49.0. The van der Waals surface area contributed by atoms with Gasteiger partial charge in [0, 0.05) is 53.0 Å². The molecule has 6 aromatic carbocycles. The molecule has 0 aliphatic heterocycles. The number of furan rings is 1. The zero-order chi connectivity index (χ0) is 48.9. The minimum absolute atomic E-state index is 0. The van der Waals surface area contributed by atoms with E-state index in [1.165, 1.54) is 49.6 Å². The fourth-order valence-electron chi connectivity index (χ4n) is 9.29. The second-order valence-corrected chi connectivity index (χ2v) is 23.3. The Morgan fingerprint density at radius 2 is 1.46 bits per heavy atom. The van der Waals surface area contributed by atoms with Crippen LogP contribution in [0.2, 0.25) is 13.1 Å². The van der Waals surface area contributed by atoms with Crippen LogP contribution in [0.3, 0.4) is 0 Å². The van der Waals surface area contributed by atoms with Gasteiger partial charge in [0.1, 0.15) is 8.07 Å². The third-order valence-corrected chi connectivity index (χ3v) is 16.3. The maximum Gasteiger partial charge on any atom is 0.216 e. The Labute approximate surface area is 413 Å². The summed E-state index contributed by atoms with van der Waals surface area (Å²) >= 11 is 0. The van der Waals surface area contributed by atoms with Gasteiger partial charge in [0.25, 0.3) is 0 Å². The molecule has 0 aliphatic rings. The van der Waals surface area contributed by atoms with Crippen LogP contribution in [-0.4, -0.2) is 27.6 Å². The second kappa shape index (κ2) is 19.3. The Hall–Kier alpha value is -6.05. The molecule has 0 bridgehead atoms. The summed E-state index contributed by atoms with van der Waals surface area (Å²) < 4.78 is 46.0. The molecule has 0 aliphatic carbocycles. The van der Waals surface area contributed by atoms with Crippen LogP contribution in [0.5, 0.6) is 0 Å². The van der Waals surface area contributed by atoms with Crippen LogP contribution in [0.4, 0.5) is 4.39 Å². The molecule has 4 heterocycles. The molecule has 4 aromatic heterocycles. The molecule has 0 spiro atoms. The third kappa shape index (κ3) is 9.20. The topological polar surface area (TPSA) is 56.7 Å². The monoisotopic (exact) mass is 1080 g/mol. The van der Waals surface area contributed by atoms with E-state index >= 15 is 0 Å². The van der Waals surface area contributed by atoms with Crippen molar-refractivity contribution in [1.82, 2.24) is 19.5 Å². The van der Waals surface area contributed by atoms with E-state index in [-0.39, 0.29) is 31.2 Å². The van der Waals surface area contributed by atoms with Crippen molar-refractivity contribution < 1.29 is 33.0 Å². The Kier molecular flexibility index (Phi) is 12.5. The number of hydrogen-bond donors (Lipinski definition) is 0. The van der Waals surface area contributed by atoms with Crippen LogP contribution >= 0.6 is 0 Å². The number of halogens is 1. The van der Waals surface area contributed by atoms with Crippen LogP contribution < -0.4 is 10.4 Å². The van der Waals surface area contributed by atoms with Gasteiger partial charge < -0.3 is 14.0 Å². The van der Waals surface area contributed by atoms with Gasteiger partial charge in [-0.15, -0.1) is 42.0 Å². The number of aromatic nitrogens is 4. The van der Waals surface area contributed by atoms with Gasteiger partial charge in [0.05, 0.1) is 22.4 Å². The number of fused-ring (bicyclic) bond motifs is 5. The normalized spacial score (nSPS) is 12.7. The molecule has 10 aromatic rings. The predicted molar refractivity (Wildman–Crippen MR) is 276 cm³/mol. The molecule has 0 unspecified atom stereocenters. The Balaban J connectivity index is 0.000000193. The SMILES string of the molecule is Cc1ccc2c(n1)oc1c(-c3nc4cc5ccccc5cc4n3-c3c(C(C)C)cccc3C(C)C)[c-]ccc12.[2H]C([2H])([2H])c1c[c-]c(-c2cc(CC(C)C)c([Si](C)(C)c3ccccc3)cn2)c(F)c1.[Ir]. The first-order chi connectivity index (χ1) is 32.9. The molecular weight excluding hydrogens is 1020 g/mol. The second-order valence-electron chi connectivity index (χ2n) is 19.0. The molecule has 1 radical (unpaired) electrons. The van der Waals surface area contributed by atoms with Crippen molar-refractivity contribution >= 4 is 62.3 Å². The van der Waals surface area contributed by atoms with Gasteiger partial charge in [-0.05, 0) is 88.1 Å². The van der Waals surface area contributed by atoms with E-state index in [0.717, 1.165) is 57.0 Å². The van der Waals surface area contributed by atoms with Gasteiger partial charge in [-0.1, -0.05) is 168 Å². The van der Waals surface area contributed by atoms with Gasteiger partial charge in [0.15, 0.2) is 0 Å². The molecule has 0 amide bonds. The van der Waals surface area contributed by atoms with Crippen LogP contribution in [0.15, 0.2) is 138 Å². The quantitative estimate of drug-likeness (QED) is 0.107. The Morgan fingerprint density at radius 3 is 2.13 bits per heavy atom. The third-order valence-electron chi connectivity index (χ3n) is 12.7. The number of imidazole rings is 1. The molecule has 0 N–H and O–H groups in total. The van der Waals surface area contributed by atoms with Crippen molar-refractivity contribution in [2.24, 2.45) is 5.92 Å². The first-order valence-electron chi connectivity index (χ1n) is 24.4. The molecule has 0 saturated carbocycles. The van der Waals surface area contributed by atoms with E-state index in [2.05, 4.69) is 172 Å². The summed E-state index contributed by atoms with van der Waals surface area (Å²) in [5.74, 6) is 1.33. The predicted octanol–water partition coefficient (Wildman–Crippen LogP) is 14.5. The van der Waals surface area contributed by atoms with Crippen LogP contribution in [0.1, 0.15) is 85.4 Å². The van der Waals surface area contributed by atoms with Gasteiger partial charge >= 0.3 is 0 Å². The fraction of sp³-hybridized carbons (Fsp3) is 0.237. The van der Waals surface area contributed by atoms with E-state index in [1.807, 2.05) is 37.4 Å². The largest absolute Gasteiger partial charge is 0.486 e. The number of nitrogens with zero attached hydrogens (tertiary/aromatic N) is 4. The molecule has 0 saturated heterocycles.